The molecule has 2 rings (SSSR count). The number of guanidine groups is 1. The van der Waals surface area contributed by atoms with E-state index in [2.05, 4.69) is 39.3 Å². The topological polar surface area (TPSA) is 100 Å². The Morgan fingerprint density at radius 2 is 2.03 bits per heavy atom. The number of nitrogens with zero attached hydrogens (tertiary/aromatic N) is 3. The van der Waals surface area contributed by atoms with Crippen molar-refractivity contribution in [3.8, 4) is 0 Å². The van der Waals surface area contributed by atoms with Gasteiger partial charge in [-0.3, -0.25) is 9.67 Å². The Balaban J connectivity index is 0.00000420. The quantitative estimate of drug-likeness (QED) is 0.239. The molecule has 10 heteroatoms. The summed E-state index contributed by atoms with van der Waals surface area (Å²) < 4.78 is 28.9. The fourth-order valence-corrected chi connectivity index (χ4v) is 4.28. The number of nitrogens with one attached hydrogen (secondary N) is 3. The number of aliphatic imine (C=N–C) groups is 1. The molecule has 0 bridgehead atoms. The Hall–Kier alpha value is -0.880. The Kier molecular flexibility index (Phi) is 10.9. The van der Waals surface area contributed by atoms with Crippen LogP contribution in [-0.4, -0.2) is 55.6 Å². The number of hydrogen-bond acceptors (Lipinski definition) is 4. The molecule has 168 valence electrons. The highest BCUT2D eigenvalue weighted by Gasteiger charge is 2.20. The minimum atomic E-state index is -3.27. The van der Waals surface area contributed by atoms with Crippen molar-refractivity contribution in [3.05, 3.63) is 17.0 Å². The molecule has 0 amide bonds. The monoisotopic (exact) mass is 540 g/mol. The van der Waals surface area contributed by atoms with E-state index in [1.807, 2.05) is 25.6 Å². The third-order valence-corrected chi connectivity index (χ3v) is 6.67. The number of hydrogen-bond donors (Lipinski definition) is 3. The molecule has 1 saturated carbocycles. The molecule has 0 aliphatic heterocycles. The summed E-state index contributed by atoms with van der Waals surface area (Å²) in [5.74, 6) is 1.16. The van der Waals surface area contributed by atoms with Crippen molar-refractivity contribution in [2.24, 2.45) is 18.0 Å². The van der Waals surface area contributed by atoms with Gasteiger partial charge >= 0.3 is 0 Å². The van der Waals surface area contributed by atoms with Crippen LogP contribution in [-0.2, 0) is 23.5 Å². The summed E-state index contributed by atoms with van der Waals surface area (Å²) in [7, 11) is -1.32. The third kappa shape index (κ3) is 8.41. The van der Waals surface area contributed by atoms with Gasteiger partial charge in [-0.1, -0.05) is 6.42 Å². The van der Waals surface area contributed by atoms with Crippen LogP contribution >= 0.6 is 24.0 Å². The Morgan fingerprint density at radius 3 is 2.55 bits per heavy atom. The zero-order chi connectivity index (χ0) is 20.7. The first-order valence-corrected chi connectivity index (χ1v) is 11.9. The zero-order valence-corrected chi connectivity index (χ0v) is 21.4. The van der Waals surface area contributed by atoms with Gasteiger partial charge in [-0.15, -0.1) is 24.0 Å². The normalized spacial score (nSPS) is 16.1. The van der Waals surface area contributed by atoms with E-state index in [9.17, 15) is 8.42 Å². The molecule has 0 aromatic carbocycles. The minimum Gasteiger partial charge on any atom is -0.357 e. The van der Waals surface area contributed by atoms with E-state index in [-0.39, 0.29) is 42.3 Å². The van der Waals surface area contributed by atoms with Crippen molar-refractivity contribution in [1.29, 1.82) is 0 Å². The molecule has 1 heterocycles. The molecule has 0 spiro atoms. The Morgan fingerprint density at radius 1 is 1.34 bits per heavy atom. The summed E-state index contributed by atoms with van der Waals surface area (Å²) in [4.78, 5) is 4.45. The fraction of sp³-hybridized carbons (Fsp3) is 0.789. The van der Waals surface area contributed by atoms with Crippen LogP contribution in [0, 0.1) is 19.8 Å². The second-order valence-corrected chi connectivity index (χ2v) is 9.67. The van der Waals surface area contributed by atoms with Crippen molar-refractivity contribution in [3.63, 3.8) is 0 Å². The van der Waals surface area contributed by atoms with Gasteiger partial charge in [-0.05, 0) is 58.4 Å². The summed E-state index contributed by atoms with van der Waals surface area (Å²) in [6.45, 7) is 9.69. The maximum atomic E-state index is 12.1. The molecule has 1 aromatic rings. The highest BCUT2D eigenvalue weighted by Crippen LogP contribution is 2.25. The number of aryl methyl sites for hydroxylation is 2. The fourth-order valence-electron chi connectivity index (χ4n) is 3.32. The molecular formula is C19H37IN6O2S. The van der Waals surface area contributed by atoms with Crippen LogP contribution < -0.4 is 15.4 Å². The summed E-state index contributed by atoms with van der Waals surface area (Å²) in [6.07, 6.45) is 4.30. The van der Waals surface area contributed by atoms with Gasteiger partial charge in [0.05, 0.1) is 18.0 Å². The van der Waals surface area contributed by atoms with Crippen LogP contribution in [0.2, 0.25) is 0 Å². The van der Waals surface area contributed by atoms with Gasteiger partial charge in [0.2, 0.25) is 10.0 Å². The van der Waals surface area contributed by atoms with Crippen LogP contribution in [0.3, 0.4) is 0 Å². The summed E-state index contributed by atoms with van der Waals surface area (Å²) >= 11 is 0. The van der Waals surface area contributed by atoms with Crippen LogP contribution in [0.5, 0.6) is 0 Å². The van der Waals surface area contributed by atoms with Crippen molar-refractivity contribution >= 4 is 40.0 Å². The summed E-state index contributed by atoms with van der Waals surface area (Å²) in [5.41, 5.74) is 3.44. The van der Waals surface area contributed by atoms with Crippen LogP contribution in [0.25, 0.3) is 0 Å². The van der Waals surface area contributed by atoms with Crippen molar-refractivity contribution < 1.29 is 8.42 Å². The molecule has 0 radical (unpaired) electrons. The van der Waals surface area contributed by atoms with Crippen molar-refractivity contribution in [1.82, 2.24) is 25.1 Å². The molecule has 1 atom stereocenters. The number of aromatic nitrogens is 2. The van der Waals surface area contributed by atoms with Gasteiger partial charge in [0.25, 0.3) is 0 Å². The molecule has 1 aromatic heterocycles. The second-order valence-electron chi connectivity index (χ2n) is 7.75. The SMILES string of the molecule is CCNC(=NCCS(=O)(=O)NCC1CCC1)NC(C)Cc1c(C)nn(C)c1C.I. The van der Waals surface area contributed by atoms with E-state index >= 15 is 0 Å². The predicted octanol–water partition coefficient (Wildman–Crippen LogP) is 1.86. The van der Waals surface area contributed by atoms with Crippen molar-refractivity contribution in [2.45, 2.75) is 59.4 Å². The molecule has 8 nitrogen and oxygen atoms in total. The molecule has 1 unspecified atom stereocenters. The number of sulfonamides is 1. The van der Waals surface area contributed by atoms with Gasteiger partial charge in [-0.2, -0.15) is 5.10 Å². The van der Waals surface area contributed by atoms with Gasteiger partial charge in [0.15, 0.2) is 5.96 Å². The Bertz CT molecular complexity index is 774. The van der Waals surface area contributed by atoms with Crippen LogP contribution in [0.4, 0.5) is 0 Å². The lowest BCUT2D eigenvalue weighted by atomic mass is 9.86. The lowest BCUT2D eigenvalue weighted by molar-refractivity contribution is 0.316. The summed E-state index contributed by atoms with van der Waals surface area (Å²) in [5, 5.41) is 11.0. The molecule has 1 aliphatic carbocycles. The lowest BCUT2D eigenvalue weighted by Gasteiger charge is -2.25. The highest BCUT2D eigenvalue weighted by atomic mass is 127. The first-order valence-electron chi connectivity index (χ1n) is 10.2. The first-order chi connectivity index (χ1) is 13.2. The van der Waals surface area contributed by atoms with Crippen LogP contribution in [0.1, 0.15) is 50.1 Å². The van der Waals surface area contributed by atoms with E-state index in [4.69, 9.17) is 0 Å². The molecule has 1 fully saturated rings. The average molecular weight is 541 g/mol. The highest BCUT2D eigenvalue weighted by molar-refractivity contribution is 14.0. The van der Waals surface area contributed by atoms with Gasteiger partial charge in [0, 0.05) is 31.9 Å². The molecule has 3 N–H and O–H groups in total. The third-order valence-electron chi connectivity index (χ3n) is 5.34. The molecule has 1 aliphatic rings. The minimum absolute atomic E-state index is 0. The Labute approximate surface area is 192 Å². The van der Waals surface area contributed by atoms with Gasteiger partial charge in [0.1, 0.15) is 0 Å². The number of rotatable bonds is 10. The zero-order valence-electron chi connectivity index (χ0n) is 18.3. The predicted molar refractivity (Wildman–Crippen MR) is 130 cm³/mol. The second kappa shape index (κ2) is 12.1. The average Bonchev–Trinajstić information content (AvgIpc) is 2.79. The van der Waals surface area contributed by atoms with E-state index in [0.29, 0.717) is 18.4 Å². The van der Waals surface area contributed by atoms with Crippen LogP contribution in [0.15, 0.2) is 4.99 Å². The van der Waals surface area contributed by atoms with Crippen molar-refractivity contribution in [2.75, 3.05) is 25.4 Å². The maximum absolute atomic E-state index is 12.1. The van der Waals surface area contributed by atoms with E-state index in [0.717, 1.165) is 37.2 Å². The van der Waals surface area contributed by atoms with E-state index < -0.39 is 10.0 Å². The molecule has 0 saturated heterocycles. The summed E-state index contributed by atoms with van der Waals surface area (Å²) in [6, 6.07) is 0.146. The maximum Gasteiger partial charge on any atom is 0.213 e. The number of halogens is 1. The van der Waals surface area contributed by atoms with E-state index in [1.54, 1.807) is 0 Å². The largest absolute Gasteiger partial charge is 0.357 e. The molecule has 29 heavy (non-hydrogen) atoms. The molecular weight excluding hydrogens is 503 g/mol. The van der Waals surface area contributed by atoms with Gasteiger partial charge < -0.3 is 10.6 Å². The van der Waals surface area contributed by atoms with E-state index in [1.165, 1.54) is 12.0 Å². The smallest absolute Gasteiger partial charge is 0.213 e. The standard InChI is InChI=1S/C19H36N6O2S.HI/c1-6-20-19(21-10-11-28(26,27)22-13-17-8-7-9-17)23-14(2)12-18-15(3)24-25(5)16(18)4;/h14,17,22H,6-13H2,1-5H3,(H2,20,21,23);1H. The first kappa shape index (κ1) is 26.2. The van der Waals surface area contributed by atoms with Gasteiger partial charge in [-0.25, -0.2) is 13.1 Å². The lowest BCUT2D eigenvalue weighted by Crippen LogP contribution is -2.43.